The molecule has 4 heterocycles. The molecule has 0 aliphatic heterocycles. The van der Waals surface area contributed by atoms with Crippen LogP contribution in [0.5, 0.6) is 5.75 Å². The Balaban J connectivity index is 0.000000172. The minimum absolute atomic E-state index is 0.142. The molecule has 9 nitrogen and oxygen atoms in total. The summed E-state index contributed by atoms with van der Waals surface area (Å²) in [5, 5.41) is 5.68. The molecule has 7 aromatic rings. The van der Waals surface area contributed by atoms with Crippen LogP contribution < -0.4 is 15.6 Å². The molecule has 0 aliphatic rings. The maximum absolute atomic E-state index is 12.1. The number of ether oxygens (including phenoxy) is 1. The third-order valence-electron chi connectivity index (χ3n) is 6.80. The van der Waals surface area contributed by atoms with Gasteiger partial charge in [-0.2, -0.15) is 0 Å². The summed E-state index contributed by atoms with van der Waals surface area (Å²) >= 11 is 11.7. The molecule has 0 amide bonds. The SMILES string of the molecule is COc1cccc(CNc2nc(-c3ccc4ncccc4c3)cc(=O)[nH]2)c1.Clc1cc(-c2ccc3ncccc3c2)nc(Cl)n1. The largest absolute Gasteiger partial charge is 0.497 e. The van der Waals surface area contributed by atoms with Gasteiger partial charge in [-0.25, -0.2) is 15.0 Å². The van der Waals surface area contributed by atoms with Gasteiger partial charge >= 0.3 is 0 Å². The van der Waals surface area contributed by atoms with Gasteiger partial charge in [0.2, 0.25) is 11.2 Å². The molecule has 11 heteroatoms. The fraction of sp³-hybridized carbons (Fsp3) is 0.0588. The van der Waals surface area contributed by atoms with Gasteiger partial charge in [0.25, 0.3) is 5.56 Å². The first kappa shape index (κ1) is 29.7. The molecule has 222 valence electrons. The molecule has 3 aromatic carbocycles. The van der Waals surface area contributed by atoms with Gasteiger partial charge in [0.15, 0.2) is 0 Å². The third kappa shape index (κ3) is 7.41. The number of methoxy groups -OCH3 is 1. The number of aromatic nitrogens is 6. The lowest BCUT2D eigenvalue weighted by Crippen LogP contribution is -2.12. The summed E-state index contributed by atoms with van der Waals surface area (Å²) in [4.78, 5) is 35.9. The van der Waals surface area contributed by atoms with E-state index < -0.39 is 0 Å². The molecule has 0 aliphatic carbocycles. The van der Waals surface area contributed by atoms with E-state index in [0.29, 0.717) is 29.0 Å². The van der Waals surface area contributed by atoms with Crippen molar-refractivity contribution in [1.82, 2.24) is 29.9 Å². The van der Waals surface area contributed by atoms with Crippen molar-refractivity contribution in [3.63, 3.8) is 0 Å². The highest BCUT2D eigenvalue weighted by atomic mass is 35.5. The molecule has 0 saturated heterocycles. The maximum Gasteiger partial charge on any atom is 0.252 e. The van der Waals surface area contributed by atoms with E-state index in [1.807, 2.05) is 84.9 Å². The average Bonchev–Trinajstić information content (AvgIpc) is 3.06. The molecular weight excluding hydrogens is 609 g/mol. The summed E-state index contributed by atoms with van der Waals surface area (Å²) in [7, 11) is 1.63. The Kier molecular flexibility index (Phi) is 8.91. The molecule has 0 radical (unpaired) electrons. The highest BCUT2D eigenvalue weighted by Crippen LogP contribution is 2.25. The lowest BCUT2D eigenvalue weighted by atomic mass is 10.1. The zero-order chi connectivity index (χ0) is 31.2. The summed E-state index contributed by atoms with van der Waals surface area (Å²) in [5.74, 6) is 1.21. The van der Waals surface area contributed by atoms with Crippen LogP contribution in [0.4, 0.5) is 5.95 Å². The molecule has 0 bridgehead atoms. The fourth-order valence-electron chi connectivity index (χ4n) is 4.67. The number of hydrogen-bond acceptors (Lipinski definition) is 8. The van der Waals surface area contributed by atoms with E-state index in [1.165, 1.54) is 6.07 Å². The molecule has 0 unspecified atom stereocenters. The van der Waals surface area contributed by atoms with Crippen LogP contribution >= 0.6 is 23.2 Å². The normalized spacial score (nSPS) is 10.7. The molecule has 4 aromatic heterocycles. The smallest absolute Gasteiger partial charge is 0.252 e. The van der Waals surface area contributed by atoms with Gasteiger partial charge in [-0.1, -0.05) is 48.0 Å². The van der Waals surface area contributed by atoms with E-state index >= 15 is 0 Å². The third-order valence-corrected chi connectivity index (χ3v) is 7.16. The first-order valence-corrected chi connectivity index (χ1v) is 14.6. The molecule has 0 atom stereocenters. The van der Waals surface area contributed by atoms with Crippen molar-refractivity contribution >= 4 is 51.0 Å². The Bertz CT molecular complexity index is 2170. The first-order valence-electron chi connectivity index (χ1n) is 13.8. The van der Waals surface area contributed by atoms with E-state index in [2.05, 4.69) is 35.2 Å². The number of pyridine rings is 2. The molecule has 7 rings (SSSR count). The van der Waals surface area contributed by atoms with Crippen LogP contribution in [-0.2, 0) is 6.54 Å². The number of rotatable bonds is 6. The van der Waals surface area contributed by atoms with E-state index in [1.54, 1.807) is 25.6 Å². The van der Waals surface area contributed by atoms with E-state index in [9.17, 15) is 4.79 Å². The lowest BCUT2D eigenvalue weighted by molar-refractivity contribution is 0.414. The van der Waals surface area contributed by atoms with E-state index in [4.69, 9.17) is 27.9 Å². The van der Waals surface area contributed by atoms with Crippen molar-refractivity contribution in [3.8, 4) is 28.3 Å². The van der Waals surface area contributed by atoms with Crippen molar-refractivity contribution in [2.24, 2.45) is 0 Å². The van der Waals surface area contributed by atoms with Crippen molar-refractivity contribution in [3.05, 3.63) is 136 Å². The number of fused-ring (bicyclic) bond motifs is 2. The summed E-state index contributed by atoms with van der Waals surface area (Å²) in [5.41, 5.74) is 5.77. The second kappa shape index (κ2) is 13.5. The number of benzene rings is 3. The topological polar surface area (TPSA) is 119 Å². The number of halogens is 2. The maximum atomic E-state index is 12.1. The predicted molar refractivity (Wildman–Crippen MR) is 179 cm³/mol. The van der Waals surface area contributed by atoms with Gasteiger partial charge in [-0.05, 0) is 65.7 Å². The highest BCUT2D eigenvalue weighted by molar-refractivity contribution is 6.32. The summed E-state index contributed by atoms with van der Waals surface area (Å²) in [6.07, 6.45) is 3.52. The quantitative estimate of drug-likeness (QED) is 0.142. The number of nitrogens with zero attached hydrogens (tertiary/aromatic N) is 5. The summed E-state index contributed by atoms with van der Waals surface area (Å²) < 4.78 is 5.23. The molecule has 0 spiro atoms. The zero-order valence-corrected chi connectivity index (χ0v) is 25.4. The monoisotopic (exact) mass is 633 g/mol. The van der Waals surface area contributed by atoms with Crippen LogP contribution in [0.25, 0.3) is 44.3 Å². The van der Waals surface area contributed by atoms with Crippen LogP contribution in [0.2, 0.25) is 10.4 Å². The lowest BCUT2D eigenvalue weighted by Gasteiger charge is -2.09. The minimum atomic E-state index is -0.209. The van der Waals surface area contributed by atoms with Gasteiger partial charge < -0.3 is 10.1 Å². The number of aromatic amines is 1. The zero-order valence-electron chi connectivity index (χ0n) is 23.9. The average molecular weight is 635 g/mol. The molecule has 45 heavy (non-hydrogen) atoms. The highest BCUT2D eigenvalue weighted by Gasteiger charge is 2.07. The van der Waals surface area contributed by atoms with Gasteiger partial charge in [0, 0.05) is 53.0 Å². The molecule has 0 saturated carbocycles. The molecule has 0 fully saturated rings. The second-order valence-electron chi connectivity index (χ2n) is 9.85. The van der Waals surface area contributed by atoms with Crippen molar-refractivity contribution in [2.45, 2.75) is 6.54 Å². The van der Waals surface area contributed by atoms with Crippen LogP contribution in [0.1, 0.15) is 5.56 Å². The molecular formula is C34H25Cl2N7O2. The first-order chi connectivity index (χ1) is 21.9. The second-order valence-corrected chi connectivity index (χ2v) is 10.6. The van der Waals surface area contributed by atoms with Crippen molar-refractivity contribution in [1.29, 1.82) is 0 Å². The predicted octanol–water partition coefficient (Wildman–Crippen LogP) is 7.60. The Morgan fingerprint density at radius 2 is 1.40 bits per heavy atom. The van der Waals surface area contributed by atoms with Crippen molar-refractivity contribution in [2.75, 3.05) is 12.4 Å². The Morgan fingerprint density at radius 1 is 0.733 bits per heavy atom. The molecule has 2 N–H and O–H groups in total. The number of hydrogen-bond donors (Lipinski definition) is 2. The van der Waals surface area contributed by atoms with Gasteiger partial charge in [-0.15, -0.1) is 0 Å². The Morgan fingerprint density at radius 3 is 2.04 bits per heavy atom. The minimum Gasteiger partial charge on any atom is -0.497 e. The standard InChI is InChI=1S/C21H18N4O2.C13H7Cl2N3/c1-27-17-6-2-4-14(10-17)13-23-21-24-19(12-20(26)25-21)16-7-8-18-15(11-16)5-3-9-22-18;14-12-7-11(17-13(15)18-12)9-3-4-10-8(6-9)2-1-5-16-10/h2-12H,13H2,1H3,(H2,23,24,25,26);1-7H. The fourth-order valence-corrected chi connectivity index (χ4v) is 5.07. The van der Waals surface area contributed by atoms with Crippen LogP contribution in [0.3, 0.4) is 0 Å². The number of anilines is 1. The summed E-state index contributed by atoms with van der Waals surface area (Å²) in [6.45, 7) is 0.519. The van der Waals surface area contributed by atoms with Gasteiger partial charge in [0.05, 0.1) is 29.5 Å². The van der Waals surface area contributed by atoms with Gasteiger partial charge in [0.1, 0.15) is 10.9 Å². The van der Waals surface area contributed by atoms with E-state index in [0.717, 1.165) is 44.2 Å². The van der Waals surface area contributed by atoms with Gasteiger partial charge in [-0.3, -0.25) is 19.7 Å². The van der Waals surface area contributed by atoms with Crippen LogP contribution in [0, 0.1) is 0 Å². The van der Waals surface area contributed by atoms with Crippen LogP contribution in [-0.4, -0.2) is 37.0 Å². The summed E-state index contributed by atoms with van der Waals surface area (Å²) in [6, 6.07) is 30.4. The Labute approximate surface area is 268 Å². The Hall–Kier alpha value is -5.38. The number of nitrogens with one attached hydrogen (secondary N) is 2. The van der Waals surface area contributed by atoms with E-state index in [-0.39, 0.29) is 10.8 Å². The van der Waals surface area contributed by atoms with Crippen LogP contribution in [0.15, 0.2) is 114 Å². The number of H-pyrrole nitrogens is 1. The van der Waals surface area contributed by atoms with Crippen molar-refractivity contribution < 1.29 is 4.74 Å².